The maximum Gasteiger partial charge on any atom is 0.319 e. The molecule has 26 heavy (non-hydrogen) atoms. The van der Waals surface area contributed by atoms with Crippen molar-refractivity contribution in [3.63, 3.8) is 0 Å². The minimum atomic E-state index is -0.315. The lowest BCUT2D eigenvalue weighted by Crippen LogP contribution is -2.28. The molecule has 2 aromatic rings. The normalized spacial score (nSPS) is 10.1. The van der Waals surface area contributed by atoms with Crippen LogP contribution in [0.4, 0.5) is 22.0 Å². The molecule has 0 saturated carbocycles. The minimum Gasteiger partial charge on any atom is -0.375 e. The van der Waals surface area contributed by atoms with Gasteiger partial charge >= 0.3 is 6.03 Å². The summed E-state index contributed by atoms with van der Waals surface area (Å²) >= 11 is 0. The number of carbonyl (C=O) groups is 2. The lowest BCUT2D eigenvalue weighted by molar-refractivity contribution is -0.119. The number of urea groups is 1. The Morgan fingerprint density at radius 1 is 1.08 bits per heavy atom. The van der Waals surface area contributed by atoms with Crippen LogP contribution >= 0.6 is 0 Å². The number of aromatic nitrogens is 1. The molecule has 1 heterocycles. The summed E-state index contributed by atoms with van der Waals surface area (Å²) in [6, 6.07) is 10.3. The lowest BCUT2D eigenvalue weighted by atomic mass is 10.2. The minimum absolute atomic E-state index is 0.00699. The van der Waals surface area contributed by atoms with Gasteiger partial charge in [0.25, 0.3) is 0 Å². The van der Waals surface area contributed by atoms with Crippen molar-refractivity contribution in [2.75, 3.05) is 43.3 Å². The summed E-state index contributed by atoms with van der Waals surface area (Å²) in [5.74, 6) is 0.594. The molecule has 0 unspecified atom stereocenters. The topological polar surface area (TPSA) is 95.6 Å². The Balaban J connectivity index is 1.84. The number of hydrogen-bond donors (Lipinski definition) is 3. The Labute approximate surface area is 152 Å². The van der Waals surface area contributed by atoms with E-state index in [9.17, 15) is 9.59 Å². The first kappa shape index (κ1) is 19.2. The van der Waals surface area contributed by atoms with Crippen molar-refractivity contribution in [1.82, 2.24) is 10.3 Å². The summed E-state index contributed by atoms with van der Waals surface area (Å²) in [7, 11) is 5.28. The molecule has 2 rings (SSSR count). The number of methoxy groups -OCH3 is 1. The molecule has 138 valence electrons. The van der Waals surface area contributed by atoms with Gasteiger partial charge in [0, 0.05) is 45.3 Å². The van der Waals surface area contributed by atoms with Crippen LogP contribution in [0.3, 0.4) is 0 Å². The van der Waals surface area contributed by atoms with Crippen LogP contribution in [0.1, 0.15) is 5.56 Å². The van der Waals surface area contributed by atoms with Gasteiger partial charge in [-0.3, -0.25) is 4.79 Å². The van der Waals surface area contributed by atoms with E-state index in [4.69, 9.17) is 4.74 Å². The summed E-state index contributed by atoms with van der Waals surface area (Å²) in [4.78, 5) is 29.6. The third kappa shape index (κ3) is 6.06. The van der Waals surface area contributed by atoms with Crippen LogP contribution in [0.5, 0.6) is 0 Å². The fourth-order valence-electron chi connectivity index (χ4n) is 2.14. The van der Waals surface area contributed by atoms with Crippen molar-refractivity contribution in [1.29, 1.82) is 0 Å². The van der Waals surface area contributed by atoms with E-state index in [1.54, 1.807) is 30.5 Å². The molecule has 0 spiro atoms. The van der Waals surface area contributed by atoms with E-state index in [1.165, 1.54) is 7.11 Å². The van der Waals surface area contributed by atoms with Crippen molar-refractivity contribution in [2.45, 2.75) is 6.54 Å². The van der Waals surface area contributed by atoms with Gasteiger partial charge in [-0.1, -0.05) is 0 Å². The first-order valence-corrected chi connectivity index (χ1v) is 8.04. The van der Waals surface area contributed by atoms with Crippen molar-refractivity contribution >= 4 is 29.1 Å². The molecular weight excluding hydrogens is 334 g/mol. The fourth-order valence-corrected chi connectivity index (χ4v) is 2.14. The van der Waals surface area contributed by atoms with Gasteiger partial charge in [0.2, 0.25) is 5.91 Å². The van der Waals surface area contributed by atoms with Gasteiger partial charge in [-0.05, 0) is 42.0 Å². The van der Waals surface area contributed by atoms with Gasteiger partial charge in [-0.15, -0.1) is 0 Å². The Hall–Kier alpha value is -3.13. The summed E-state index contributed by atoms with van der Waals surface area (Å²) in [5, 5.41) is 8.22. The molecule has 0 atom stereocenters. The molecule has 0 radical (unpaired) electrons. The highest BCUT2D eigenvalue weighted by atomic mass is 16.5. The Bertz CT molecular complexity index is 747. The van der Waals surface area contributed by atoms with E-state index in [1.807, 2.05) is 31.1 Å². The summed E-state index contributed by atoms with van der Waals surface area (Å²) in [6.45, 7) is 0.382. The molecule has 0 aliphatic heterocycles. The second kappa shape index (κ2) is 9.38. The van der Waals surface area contributed by atoms with Crippen molar-refractivity contribution in [2.24, 2.45) is 0 Å². The maximum absolute atomic E-state index is 12.0. The second-order valence-corrected chi connectivity index (χ2v) is 5.78. The van der Waals surface area contributed by atoms with E-state index in [-0.39, 0.29) is 18.5 Å². The van der Waals surface area contributed by atoms with E-state index in [0.29, 0.717) is 17.9 Å². The number of nitrogens with one attached hydrogen (secondary N) is 3. The molecule has 8 nitrogen and oxygen atoms in total. The summed E-state index contributed by atoms with van der Waals surface area (Å²) in [5.41, 5.74) is 2.21. The number of carbonyl (C=O) groups excluding carboxylic acids is 2. The highest BCUT2D eigenvalue weighted by molar-refractivity contribution is 5.93. The average molecular weight is 357 g/mol. The zero-order valence-corrected chi connectivity index (χ0v) is 15.1. The van der Waals surface area contributed by atoms with Gasteiger partial charge in [-0.2, -0.15) is 0 Å². The van der Waals surface area contributed by atoms with Gasteiger partial charge in [-0.25, -0.2) is 9.78 Å². The Morgan fingerprint density at radius 2 is 1.73 bits per heavy atom. The molecule has 0 fully saturated rings. The third-order valence-corrected chi connectivity index (χ3v) is 3.42. The SMILES string of the molecule is COCC(=O)Nc1ccc(NC(=O)NCc2ccnc(N(C)C)c2)cc1. The number of hydrogen-bond acceptors (Lipinski definition) is 5. The first-order chi connectivity index (χ1) is 12.5. The molecule has 0 bridgehead atoms. The van der Waals surface area contributed by atoms with Gasteiger partial charge in [0.15, 0.2) is 0 Å². The number of nitrogens with zero attached hydrogens (tertiary/aromatic N) is 2. The van der Waals surface area contributed by atoms with E-state index in [2.05, 4.69) is 20.9 Å². The van der Waals surface area contributed by atoms with Crippen LogP contribution in [0.25, 0.3) is 0 Å². The number of benzene rings is 1. The number of pyridine rings is 1. The Morgan fingerprint density at radius 3 is 2.35 bits per heavy atom. The molecule has 0 saturated heterocycles. The predicted molar refractivity (Wildman–Crippen MR) is 101 cm³/mol. The van der Waals surface area contributed by atoms with Crippen LogP contribution in [0, 0.1) is 0 Å². The number of ether oxygens (including phenoxy) is 1. The van der Waals surface area contributed by atoms with Crippen LogP contribution in [0.2, 0.25) is 0 Å². The standard InChI is InChI=1S/C18H23N5O3/c1-23(2)16-10-13(8-9-19-16)11-20-18(25)22-15-6-4-14(5-7-15)21-17(24)12-26-3/h4-10H,11-12H2,1-3H3,(H,21,24)(H2,20,22,25). The number of amides is 3. The number of rotatable bonds is 7. The van der Waals surface area contributed by atoms with Crippen molar-refractivity contribution in [3.05, 3.63) is 48.2 Å². The predicted octanol–water partition coefficient (Wildman–Crippen LogP) is 2.05. The van der Waals surface area contributed by atoms with Gasteiger partial charge in [0.05, 0.1) is 0 Å². The average Bonchev–Trinajstić information content (AvgIpc) is 2.62. The molecule has 1 aromatic carbocycles. The van der Waals surface area contributed by atoms with E-state index in [0.717, 1.165) is 11.4 Å². The smallest absolute Gasteiger partial charge is 0.319 e. The lowest BCUT2D eigenvalue weighted by Gasteiger charge is -2.13. The molecule has 3 N–H and O–H groups in total. The Kier molecular flexibility index (Phi) is 6.92. The van der Waals surface area contributed by atoms with Gasteiger partial charge < -0.3 is 25.6 Å². The molecular formula is C18H23N5O3. The second-order valence-electron chi connectivity index (χ2n) is 5.78. The number of anilines is 3. The van der Waals surface area contributed by atoms with Gasteiger partial charge in [0.1, 0.15) is 12.4 Å². The summed E-state index contributed by atoms with van der Waals surface area (Å²) in [6.07, 6.45) is 1.71. The third-order valence-electron chi connectivity index (χ3n) is 3.42. The molecule has 1 aromatic heterocycles. The van der Waals surface area contributed by atoms with E-state index < -0.39 is 0 Å². The molecule has 0 aliphatic rings. The monoisotopic (exact) mass is 357 g/mol. The largest absolute Gasteiger partial charge is 0.375 e. The van der Waals surface area contributed by atoms with Crippen LogP contribution in [0.15, 0.2) is 42.6 Å². The maximum atomic E-state index is 12.0. The van der Waals surface area contributed by atoms with Crippen LogP contribution in [-0.4, -0.2) is 44.7 Å². The quantitative estimate of drug-likeness (QED) is 0.705. The van der Waals surface area contributed by atoms with Crippen LogP contribution in [-0.2, 0) is 16.1 Å². The van der Waals surface area contributed by atoms with Crippen molar-refractivity contribution < 1.29 is 14.3 Å². The zero-order valence-electron chi connectivity index (χ0n) is 15.1. The molecule has 3 amide bonds. The van der Waals surface area contributed by atoms with Crippen LogP contribution < -0.4 is 20.9 Å². The molecule has 8 heteroatoms. The molecule has 0 aliphatic carbocycles. The highest BCUT2D eigenvalue weighted by Gasteiger charge is 2.05. The highest BCUT2D eigenvalue weighted by Crippen LogP contribution is 2.14. The van der Waals surface area contributed by atoms with E-state index >= 15 is 0 Å². The zero-order chi connectivity index (χ0) is 18.9. The summed E-state index contributed by atoms with van der Waals surface area (Å²) < 4.78 is 4.75. The first-order valence-electron chi connectivity index (χ1n) is 8.04. The van der Waals surface area contributed by atoms with Crippen molar-refractivity contribution in [3.8, 4) is 0 Å². The fraction of sp³-hybridized carbons (Fsp3) is 0.278.